The minimum Gasteiger partial charge on any atom is -0.481 e. The zero-order chi connectivity index (χ0) is 10.9. The molecule has 4 heteroatoms. The zero-order valence-electron chi connectivity index (χ0n) is 9.41. The summed E-state index contributed by atoms with van der Waals surface area (Å²) in [5, 5.41) is 8.96. The van der Waals surface area contributed by atoms with Crippen LogP contribution in [-0.4, -0.2) is 59.6 Å². The van der Waals surface area contributed by atoms with E-state index in [1.54, 1.807) is 0 Å². The molecular formula is C11H20N2O2. The van der Waals surface area contributed by atoms with Crippen LogP contribution in [0.1, 0.15) is 25.7 Å². The zero-order valence-corrected chi connectivity index (χ0v) is 9.41. The number of hydrogen-bond acceptors (Lipinski definition) is 3. The standard InChI is InChI=1S/C11H20N2O2/c1-12-5-7-13(8-6-12)11(3-2-4-11)9-10(14)15/h2-9H2,1H3,(H,14,15). The molecule has 86 valence electrons. The van der Waals surface area contributed by atoms with Crippen molar-refractivity contribution < 1.29 is 9.90 Å². The molecular weight excluding hydrogens is 192 g/mol. The van der Waals surface area contributed by atoms with E-state index < -0.39 is 5.97 Å². The summed E-state index contributed by atoms with van der Waals surface area (Å²) in [7, 11) is 2.13. The minimum absolute atomic E-state index is 0.00704. The van der Waals surface area contributed by atoms with Crippen LogP contribution in [0.25, 0.3) is 0 Å². The van der Waals surface area contributed by atoms with Gasteiger partial charge in [-0.05, 0) is 26.3 Å². The van der Waals surface area contributed by atoms with Gasteiger partial charge >= 0.3 is 5.97 Å². The predicted octanol–water partition coefficient (Wildman–Crippen LogP) is 0.631. The summed E-state index contributed by atoms with van der Waals surface area (Å²) in [6.07, 6.45) is 3.67. The lowest BCUT2D eigenvalue weighted by atomic mass is 9.72. The molecule has 1 aliphatic carbocycles. The van der Waals surface area contributed by atoms with E-state index in [0.717, 1.165) is 39.0 Å². The number of carboxylic acid groups (broad SMARTS) is 1. The molecule has 0 unspecified atom stereocenters. The molecule has 0 spiro atoms. The van der Waals surface area contributed by atoms with Crippen LogP contribution in [0.2, 0.25) is 0 Å². The maximum Gasteiger partial charge on any atom is 0.305 e. The van der Waals surface area contributed by atoms with Crippen molar-refractivity contribution in [2.24, 2.45) is 0 Å². The van der Waals surface area contributed by atoms with Crippen LogP contribution in [-0.2, 0) is 4.79 Å². The van der Waals surface area contributed by atoms with Crippen LogP contribution in [0, 0.1) is 0 Å². The van der Waals surface area contributed by atoms with Crippen LogP contribution in [0.5, 0.6) is 0 Å². The molecule has 0 atom stereocenters. The maximum atomic E-state index is 10.9. The van der Waals surface area contributed by atoms with Crippen LogP contribution < -0.4 is 0 Å². The van der Waals surface area contributed by atoms with E-state index in [-0.39, 0.29) is 5.54 Å². The Hall–Kier alpha value is -0.610. The van der Waals surface area contributed by atoms with Crippen molar-refractivity contribution >= 4 is 5.97 Å². The average molecular weight is 212 g/mol. The first-order valence-corrected chi connectivity index (χ1v) is 5.78. The molecule has 0 bridgehead atoms. The molecule has 1 saturated carbocycles. The number of carboxylic acids is 1. The Morgan fingerprint density at radius 1 is 1.27 bits per heavy atom. The fraction of sp³-hybridized carbons (Fsp3) is 0.909. The quantitative estimate of drug-likeness (QED) is 0.745. The third kappa shape index (κ3) is 2.16. The number of carbonyl (C=O) groups is 1. The number of rotatable bonds is 3. The molecule has 1 heterocycles. The van der Waals surface area contributed by atoms with Gasteiger partial charge in [0.25, 0.3) is 0 Å². The van der Waals surface area contributed by atoms with E-state index in [0.29, 0.717) is 6.42 Å². The van der Waals surface area contributed by atoms with Crippen molar-refractivity contribution in [3.8, 4) is 0 Å². The van der Waals surface area contributed by atoms with Gasteiger partial charge in [-0.3, -0.25) is 9.69 Å². The lowest BCUT2D eigenvalue weighted by Gasteiger charge is -2.52. The Labute approximate surface area is 90.9 Å². The van der Waals surface area contributed by atoms with Gasteiger partial charge in [0, 0.05) is 31.7 Å². The van der Waals surface area contributed by atoms with Gasteiger partial charge in [0.15, 0.2) is 0 Å². The van der Waals surface area contributed by atoms with Crippen molar-refractivity contribution in [2.75, 3.05) is 33.2 Å². The third-order valence-electron chi connectivity index (χ3n) is 3.94. The first kappa shape index (κ1) is 10.9. The van der Waals surface area contributed by atoms with Crippen molar-refractivity contribution in [2.45, 2.75) is 31.2 Å². The summed E-state index contributed by atoms with van der Waals surface area (Å²) in [5.74, 6) is -0.645. The molecule has 0 amide bonds. The van der Waals surface area contributed by atoms with Crippen molar-refractivity contribution in [3.05, 3.63) is 0 Å². The van der Waals surface area contributed by atoms with Gasteiger partial charge in [0.1, 0.15) is 0 Å². The van der Waals surface area contributed by atoms with Crippen LogP contribution >= 0.6 is 0 Å². The summed E-state index contributed by atoms with van der Waals surface area (Å²) < 4.78 is 0. The second kappa shape index (κ2) is 4.10. The Balaban J connectivity index is 1.97. The van der Waals surface area contributed by atoms with Crippen LogP contribution in [0.3, 0.4) is 0 Å². The van der Waals surface area contributed by atoms with Crippen molar-refractivity contribution in [3.63, 3.8) is 0 Å². The van der Waals surface area contributed by atoms with Gasteiger partial charge in [0.05, 0.1) is 6.42 Å². The van der Waals surface area contributed by atoms with E-state index >= 15 is 0 Å². The molecule has 2 rings (SSSR count). The molecule has 2 aliphatic rings. The SMILES string of the molecule is CN1CCN(C2(CC(=O)O)CCC2)CC1. The minimum atomic E-state index is -0.645. The summed E-state index contributed by atoms with van der Waals surface area (Å²) in [6.45, 7) is 4.20. The lowest BCUT2D eigenvalue weighted by molar-refractivity contribution is -0.143. The van der Waals surface area contributed by atoms with E-state index in [4.69, 9.17) is 5.11 Å². The second-order valence-corrected chi connectivity index (χ2v) is 4.94. The first-order valence-electron chi connectivity index (χ1n) is 5.78. The Kier molecular flexibility index (Phi) is 2.98. The Morgan fingerprint density at radius 2 is 1.87 bits per heavy atom. The van der Waals surface area contributed by atoms with E-state index in [9.17, 15) is 4.79 Å². The molecule has 0 aromatic carbocycles. The third-order valence-corrected chi connectivity index (χ3v) is 3.94. The fourth-order valence-electron chi connectivity index (χ4n) is 2.75. The van der Waals surface area contributed by atoms with E-state index in [2.05, 4.69) is 16.8 Å². The molecule has 1 aliphatic heterocycles. The number of hydrogen-bond donors (Lipinski definition) is 1. The van der Waals surface area contributed by atoms with Crippen molar-refractivity contribution in [1.29, 1.82) is 0 Å². The molecule has 2 fully saturated rings. The van der Waals surface area contributed by atoms with Gasteiger partial charge < -0.3 is 10.0 Å². The molecule has 0 aromatic heterocycles. The van der Waals surface area contributed by atoms with Gasteiger partial charge in [-0.15, -0.1) is 0 Å². The molecule has 1 saturated heterocycles. The highest BCUT2D eigenvalue weighted by atomic mass is 16.4. The number of nitrogens with zero attached hydrogens (tertiary/aromatic N) is 2. The number of aliphatic carboxylic acids is 1. The lowest BCUT2D eigenvalue weighted by Crippen LogP contribution is -2.60. The van der Waals surface area contributed by atoms with Gasteiger partial charge in [-0.1, -0.05) is 0 Å². The molecule has 15 heavy (non-hydrogen) atoms. The summed E-state index contributed by atoms with van der Waals surface area (Å²) in [5.41, 5.74) is 0.00704. The van der Waals surface area contributed by atoms with Gasteiger partial charge in [-0.2, -0.15) is 0 Å². The smallest absolute Gasteiger partial charge is 0.305 e. The normalized spacial score (nSPS) is 27.3. The molecule has 0 aromatic rings. The van der Waals surface area contributed by atoms with Gasteiger partial charge in [0.2, 0.25) is 0 Å². The number of piperazine rings is 1. The Morgan fingerprint density at radius 3 is 2.27 bits per heavy atom. The maximum absolute atomic E-state index is 10.9. The largest absolute Gasteiger partial charge is 0.481 e. The fourth-order valence-corrected chi connectivity index (χ4v) is 2.75. The first-order chi connectivity index (χ1) is 7.12. The highest BCUT2D eigenvalue weighted by Crippen LogP contribution is 2.40. The Bertz CT molecular complexity index is 243. The van der Waals surface area contributed by atoms with Crippen molar-refractivity contribution in [1.82, 2.24) is 9.80 Å². The van der Waals surface area contributed by atoms with E-state index in [1.807, 2.05) is 0 Å². The highest BCUT2D eigenvalue weighted by molar-refractivity contribution is 5.68. The van der Waals surface area contributed by atoms with Crippen LogP contribution in [0.15, 0.2) is 0 Å². The summed E-state index contributed by atoms with van der Waals surface area (Å²) in [4.78, 5) is 15.6. The molecule has 4 nitrogen and oxygen atoms in total. The van der Waals surface area contributed by atoms with Gasteiger partial charge in [-0.25, -0.2) is 0 Å². The predicted molar refractivity (Wildman–Crippen MR) is 57.9 cm³/mol. The highest BCUT2D eigenvalue weighted by Gasteiger charge is 2.44. The molecule has 0 radical (unpaired) electrons. The monoisotopic (exact) mass is 212 g/mol. The van der Waals surface area contributed by atoms with E-state index in [1.165, 1.54) is 6.42 Å². The summed E-state index contributed by atoms with van der Waals surface area (Å²) >= 11 is 0. The second-order valence-electron chi connectivity index (χ2n) is 4.94. The topological polar surface area (TPSA) is 43.8 Å². The summed E-state index contributed by atoms with van der Waals surface area (Å²) in [6, 6.07) is 0. The average Bonchev–Trinajstić information content (AvgIpc) is 2.13. The number of likely N-dealkylation sites (N-methyl/N-ethyl adjacent to an activating group) is 1. The van der Waals surface area contributed by atoms with Crippen LogP contribution in [0.4, 0.5) is 0 Å². The molecule has 1 N–H and O–H groups in total.